The Morgan fingerprint density at radius 1 is 1.11 bits per heavy atom. The van der Waals surface area contributed by atoms with Crippen molar-refractivity contribution in [3.8, 4) is 11.5 Å². The summed E-state index contributed by atoms with van der Waals surface area (Å²) < 4.78 is 11.4. The number of nitro groups is 1. The number of hydrogen-bond donors (Lipinski definition) is 0. The van der Waals surface area contributed by atoms with E-state index >= 15 is 0 Å². The number of amides is 3. The molecule has 0 aliphatic carbocycles. The monoisotopic (exact) mass is 493 g/mol. The van der Waals surface area contributed by atoms with Crippen LogP contribution in [0, 0.1) is 10.1 Å². The highest BCUT2D eigenvalue weighted by atomic mass is 16.6. The van der Waals surface area contributed by atoms with Crippen LogP contribution in [0.5, 0.6) is 11.5 Å². The number of hydrogen-bond acceptors (Lipinski definition) is 8. The molecule has 186 valence electrons. The Balaban J connectivity index is 1.20. The quantitative estimate of drug-likeness (QED) is 0.352. The van der Waals surface area contributed by atoms with Gasteiger partial charge in [-0.15, -0.1) is 0 Å². The van der Waals surface area contributed by atoms with Crippen molar-refractivity contribution in [1.29, 1.82) is 0 Å². The first-order valence-corrected chi connectivity index (χ1v) is 11.5. The Morgan fingerprint density at radius 3 is 2.56 bits per heavy atom. The van der Waals surface area contributed by atoms with Crippen LogP contribution >= 0.6 is 0 Å². The summed E-state index contributed by atoms with van der Waals surface area (Å²) in [6.07, 6.45) is 1.04. The maximum Gasteiger partial charge on any atom is 0.282 e. The van der Waals surface area contributed by atoms with Gasteiger partial charge in [0.2, 0.25) is 5.91 Å². The Kier molecular flexibility index (Phi) is 5.70. The molecule has 3 heterocycles. The molecule has 0 saturated carbocycles. The van der Waals surface area contributed by atoms with E-state index in [1.165, 1.54) is 25.3 Å². The van der Waals surface area contributed by atoms with Crippen LogP contribution in [-0.2, 0) is 4.79 Å². The molecule has 0 bridgehead atoms. The molecule has 0 radical (unpaired) electrons. The molecule has 1 spiro atoms. The first-order valence-electron chi connectivity index (χ1n) is 11.5. The van der Waals surface area contributed by atoms with E-state index < -0.39 is 28.0 Å². The van der Waals surface area contributed by atoms with E-state index in [9.17, 15) is 29.3 Å². The predicted octanol–water partition coefficient (Wildman–Crippen LogP) is 2.62. The maximum absolute atomic E-state index is 12.9. The van der Waals surface area contributed by atoms with Gasteiger partial charge in [-0.25, -0.2) is 0 Å². The van der Waals surface area contributed by atoms with Gasteiger partial charge in [0.25, 0.3) is 17.5 Å². The lowest BCUT2D eigenvalue weighted by atomic mass is 9.82. The second kappa shape index (κ2) is 8.74. The number of piperidine rings is 1. The number of ether oxygens (including phenoxy) is 2. The molecule has 3 aliphatic heterocycles. The smallest absolute Gasteiger partial charge is 0.282 e. The maximum atomic E-state index is 12.9. The minimum atomic E-state index is -0.767. The number of Topliss-reactive ketones (excluding diaryl/α,β-unsaturated/α-hetero) is 1. The minimum absolute atomic E-state index is 0.0291. The van der Waals surface area contributed by atoms with E-state index in [-0.39, 0.29) is 42.2 Å². The highest BCUT2D eigenvalue weighted by Gasteiger charge is 2.44. The Bertz CT molecular complexity index is 1310. The van der Waals surface area contributed by atoms with E-state index in [0.717, 1.165) is 4.90 Å². The zero-order valence-corrected chi connectivity index (χ0v) is 19.5. The third-order valence-corrected chi connectivity index (χ3v) is 7.05. The molecule has 5 rings (SSSR count). The number of benzene rings is 2. The summed E-state index contributed by atoms with van der Waals surface area (Å²) in [4.78, 5) is 64.1. The molecule has 3 amide bonds. The van der Waals surface area contributed by atoms with Gasteiger partial charge in [0.05, 0.1) is 29.6 Å². The van der Waals surface area contributed by atoms with Crippen LogP contribution in [-0.4, -0.2) is 70.6 Å². The van der Waals surface area contributed by atoms with Crippen LogP contribution in [0.3, 0.4) is 0 Å². The third-order valence-electron chi connectivity index (χ3n) is 7.05. The van der Waals surface area contributed by atoms with Crippen LogP contribution in [0.25, 0.3) is 0 Å². The number of imide groups is 1. The van der Waals surface area contributed by atoms with Gasteiger partial charge in [0, 0.05) is 45.0 Å². The molecule has 3 aliphatic rings. The number of carbonyl (C=O) groups is 4. The van der Waals surface area contributed by atoms with Crippen molar-refractivity contribution in [3.05, 3.63) is 63.2 Å². The first kappa shape index (κ1) is 23.5. The molecule has 2 aromatic carbocycles. The minimum Gasteiger partial charge on any atom is -0.497 e. The number of carbonyl (C=O) groups excluding carboxylic acids is 4. The van der Waals surface area contributed by atoms with Crippen LogP contribution in [0.1, 0.15) is 56.8 Å². The molecule has 11 heteroatoms. The van der Waals surface area contributed by atoms with Crippen molar-refractivity contribution in [2.24, 2.45) is 0 Å². The fourth-order valence-corrected chi connectivity index (χ4v) is 5.08. The zero-order chi connectivity index (χ0) is 25.6. The average Bonchev–Trinajstić information content (AvgIpc) is 3.12. The molecule has 0 N–H and O–H groups in total. The summed E-state index contributed by atoms with van der Waals surface area (Å²) in [5.41, 5.74) is -0.894. The molecule has 0 atom stereocenters. The summed E-state index contributed by atoms with van der Waals surface area (Å²) >= 11 is 0. The van der Waals surface area contributed by atoms with Crippen molar-refractivity contribution in [2.45, 2.75) is 31.3 Å². The largest absolute Gasteiger partial charge is 0.497 e. The SMILES string of the molecule is COc1ccc2c(c1)C(=O)CC1(CCN(C(=O)CCN3C(=O)c4cccc([N+](=O)[O-])c4C3=O)CC1)O2. The number of nitrogens with zero attached hydrogens (tertiary/aromatic N) is 3. The molecule has 1 fully saturated rings. The van der Waals surface area contributed by atoms with Crippen LogP contribution in [0.4, 0.5) is 5.69 Å². The predicted molar refractivity (Wildman–Crippen MR) is 124 cm³/mol. The molecule has 11 nitrogen and oxygen atoms in total. The van der Waals surface area contributed by atoms with Crippen LogP contribution in [0.15, 0.2) is 36.4 Å². The van der Waals surface area contributed by atoms with E-state index in [0.29, 0.717) is 43.0 Å². The normalized spacial score (nSPS) is 18.1. The summed E-state index contributed by atoms with van der Waals surface area (Å²) in [5, 5.41) is 11.3. The summed E-state index contributed by atoms with van der Waals surface area (Å²) in [6, 6.07) is 9.02. The van der Waals surface area contributed by atoms with Gasteiger partial charge < -0.3 is 14.4 Å². The summed E-state index contributed by atoms with van der Waals surface area (Å²) in [7, 11) is 1.53. The van der Waals surface area contributed by atoms with Crippen LogP contribution < -0.4 is 9.47 Å². The molecular weight excluding hydrogens is 470 g/mol. The third kappa shape index (κ3) is 3.86. The molecule has 0 aromatic heterocycles. The van der Waals surface area contributed by atoms with Crippen molar-refractivity contribution in [3.63, 3.8) is 0 Å². The van der Waals surface area contributed by atoms with Gasteiger partial charge in [0.15, 0.2) is 5.78 Å². The molecule has 0 unspecified atom stereocenters. The van der Waals surface area contributed by atoms with E-state index in [4.69, 9.17) is 9.47 Å². The Hall–Kier alpha value is -4.28. The lowest BCUT2D eigenvalue weighted by molar-refractivity contribution is -0.385. The van der Waals surface area contributed by atoms with Gasteiger partial charge in [-0.3, -0.25) is 34.2 Å². The van der Waals surface area contributed by atoms with Crippen molar-refractivity contribution >= 4 is 29.2 Å². The van der Waals surface area contributed by atoms with Gasteiger partial charge in [0.1, 0.15) is 22.7 Å². The molecule has 36 heavy (non-hydrogen) atoms. The average molecular weight is 493 g/mol. The fraction of sp³-hybridized carbons (Fsp3) is 0.360. The van der Waals surface area contributed by atoms with Crippen LogP contribution in [0.2, 0.25) is 0 Å². The standard InChI is InChI=1S/C25H23N3O8/c1-35-15-5-6-20-17(13-15)19(29)14-25(36-20)8-11-26(12-9-25)21(30)7-10-27-23(31)16-3-2-4-18(28(33)34)22(16)24(27)32/h2-6,13H,7-12,14H2,1H3. The van der Waals surface area contributed by atoms with Gasteiger partial charge >= 0.3 is 0 Å². The highest BCUT2D eigenvalue weighted by Crippen LogP contribution is 2.40. The van der Waals surface area contributed by atoms with E-state index in [2.05, 4.69) is 0 Å². The zero-order valence-electron chi connectivity index (χ0n) is 19.5. The van der Waals surface area contributed by atoms with E-state index in [1.54, 1.807) is 23.1 Å². The number of methoxy groups -OCH3 is 1. The van der Waals surface area contributed by atoms with Crippen molar-refractivity contribution in [2.75, 3.05) is 26.7 Å². The molecule has 2 aromatic rings. The highest BCUT2D eigenvalue weighted by molar-refractivity contribution is 6.23. The number of rotatable bonds is 5. The van der Waals surface area contributed by atoms with Gasteiger partial charge in [-0.1, -0.05) is 6.07 Å². The fourth-order valence-electron chi connectivity index (χ4n) is 5.08. The lowest BCUT2D eigenvalue weighted by Crippen LogP contribution is -2.52. The van der Waals surface area contributed by atoms with Gasteiger partial charge in [-0.2, -0.15) is 0 Å². The first-order chi connectivity index (χ1) is 17.2. The van der Waals surface area contributed by atoms with Crippen molar-refractivity contribution < 1.29 is 33.6 Å². The molecule has 1 saturated heterocycles. The Labute approximate surface area is 205 Å². The second-order valence-corrected chi connectivity index (χ2v) is 9.10. The Morgan fingerprint density at radius 2 is 1.86 bits per heavy atom. The van der Waals surface area contributed by atoms with E-state index in [1.807, 2.05) is 0 Å². The summed E-state index contributed by atoms with van der Waals surface area (Å²) in [6.45, 7) is 0.560. The second-order valence-electron chi connectivity index (χ2n) is 9.10. The van der Waals surface area contributed by atoms with Crippen molar-refractivity contribution in [1.82, 2.24) is 9.80 Å². The number of nitro benzene ring substituents is 1. The molecular formula is C25H23N3O8. The number of fused-ring (bicyclic) bond motifs is 2. The topological polar surface area (TPSA) is 136 Å². The number of likely N-dealkylation sites (tertiary alicyclic amines) is 1. The summed E-state index contributed by atoms with van der Waals surface area (Å²) in [5.74, 6) is -0.607. The number of ketones is 1. The van der Waals surface area contributed by atoms with Gasteiger partial charge in [-0.05, 0) is 24.3 Å². The lowest BCUT2D eigenvalue weighted by Gasteiger charge is -2.44.